The molecule has 1 N–H and O–H groups in total. The molecule has 1 amide bonds. The summed E-state index contributed by atoms with van der Waals surface area (Å²) in [4.78, 5) is 22.9. The summed E-state index contributed by atoms with van der Waals surface area (Å²) in [6.07, 6.45) is 3.38. The van der Waals surface area contributed by atoms with Crippen LogP contribution in [0.1, 0.15) is 33.0 Å². The van der Waals surface area contributed by atoms with Gasteiger partial charge in [0.2, 0.25) is 0 Å². The van der Waals surface area contributed by atoms with Gasteiger partial charge in [0.1, 0.15) is 12.4 Å². The van der Waals surface area contributed by atoms with E-state index in [1.54, 1.807) is 18.2 Å². The van der Waals surface area contributed by atoms with Crippen LogP contribution in [0.2, 0.25) is 0 Å². The number of ether oxygens (including phenoxy) is 1. The molecular formula is C25H20FNO3. The van der Waals surface area contributed by atoms with Gasteiger partial charge in [0.05, 0.1) is 5.56 Å². The summed E-state index contributed by atoms with van der Waals surface area (Å²) in [5.41, 5.74) is 5.36. The number of rotatable bonds is 6. The summed E-state index contributed by atoms with van der Waals surface area (Å²) in [5, 5.41) is 2.67. The Balaban J connectivity index is 1.33. The van der Waals surface area contributed by atoms with Gasteiger partial charge in [-0.2, -0.15) is 0 Å². The third-order valence-electron chi connectivity index (χ3n) is 5.17. The van der Waals surface area contributed by atoms with Gasteiger partial charge < -0.3 is 10.1 Å². The number of fused-ring (bicyclic) bond motifs is 3. The van der Waals surface area contributed by atoms with Gasteiger partial charge in [0.15, 0.2) is 6.29 Å². The topological polar surface area (TPSA) is 55.4 Å². The lowest BCUT2D eigenvalue weighted by atomic mass is 9.98. The molecular weight excluding hydrogens is 381 g/mol. The Bertz CT molecular complexity index is 1080. The maximum atomic E-state index is 13.3. The maximum absolute atomic E-state index is 13.3. The van der Waals surface area contributed by atoms with Gasteiger partial charge in [0, 0.05) is 12.5 Å². The van der Waals surface area contributed by atoms with Crippen molar-refractivity contribution in [2.45, 2.75) is 5.92 Å². The number of aldehydes is 1. The van der Waals surface area contributed by atoms with Crippen LogP contribution in [0.25, 0.3) is 17.2 Å². The van der Waals surface area contributed by atoms with Crippen molar-refractivity contribution in [3.05, 3.63) is 101 Å². The highest BCUT2D eigenvalue weighted by Crippen LogP contribution is 2.44. The third-order valence-corrected chi connectivity index (χ3v) is 5.17. The van der Waals surface area contributed by atoms with Crippen molar-refractivity contribution in [1.82, 2.24) is 5.32 Å². The Morgan fingerprint density at radius 2 is 1.67 bits per heavy atom. The van der Waals surface area contributed by atoms with Crippen molar-refractivity contribution in [3.8, 4) is 11.1 Å². The quantitative estimate of drug-likeness (QED) is 0.579. The van der Waals surface area contributed by atoms with Gasteiger partial charge in [0.25, 0.3) is 0 Å². The molecule has 0 aliphatic heterocycles. The molecule has 0 atom stereocenters. The molecule has 0 saturated heterocycles. The average Bonchev–Trinajstić information content (AvgIpc) is 3.10. The zero-order chi connectivity index (χ0) is 20.9. The van der Waals surface area contributed by atoms with E-state index in [-0.39, 0.29) is 24.6 Å². The molecule has 0 heterocycles. The lowest BCUT2D eigenvalue weighted by molar-refractivity contribution is 0.111. The predicted molar refractivity (Wildman–Crippen MR) is 114 cm³/mol. The smallest absolute Gasteiger partial charge is 0.407 e. The second-order valence-electron chi connectivity index (χ2n) is 7.01. The Kier molecular flexibility index (Phi) is 5.70. The number of benzene rings is 3. The number of alkyl carbamates (subject to hydrolysis) is 1. The van der Waals surface area contributed by atoms with Gasteiger partial charge in [-0.15, -0.1) is 0 Å². The number of carbonyl (C=O) groups excluding carboxylic acids is 2. The van der Waals surface area contributed by atoms with E-state index in [9.17, 15) is 14.0 Å². The van der Waals surface area contributed by atoms with E-state index >= 15 is 0 Å². The van der Waals surface area contributed by atoms with E-state index in [2.05, 4.69) is 29.6 Å². The molecule has 0 aromatic heterocycles. The summed E-state index contributed by atoms with van der Waals surface area (Å²) in [7, 11) is 0. The molecule has 3 aromatic rings. The molecule has 0 unspecified atom stereocenters. The molecule has 0 radical (unpaired) electrons. The summed E-state index contributed by atoms with van der Waals surface area (Å²) < 4.78 is 18.8. The fraction of sp³-hybridized carbons (Fsp3) is 0.120. The van der Waals surface area contributed by atoms with Crippen LogP contribution in [-0.4, -0.2) is 25.5 Å². The number of carbonyl (C=O) groups is 2. The van der Waals surface area contributed by atoms with Gasteiger partial charge in [-0.05, 0) is 39.9 Å². The number of hydrogen-bond donors (Lipinski definition) is 1. The molecule has 0 bridgehead atoms. The van der Waals surface area contributed by atoms with Crippen LogP contribution in [0.15, 0.2) is 72.8 Å². The second kappa shape index (κ2) is 8.74. The summed E-state index contributed by atoms with van der Waals surface area (Å²) in [6.45, 7) is 0.509. The SMILES string of the molecule is O=Cc1cc(C=CCNC(=O)OCC2c3ccccc3-c3ccccc32)ccc1F. The van der Waals surface area contributed by atoms with Crippen molar-refractivity contribution in [1.29, 1.82) is 0 Å². The highest BCUT2D eigenvalue weighted by Gasteiger charge is 2.28. The zero-order valence-corrected chi connectivity index (χ0v) is 16.2. The minimum Gasteiger partial charge on any atom is -0.449 e. The fourth-order valence-electron chi connectivity index (χ4n) is 3.74. The number of halogens is 1. The minimum atomic E-state index is -0.557. The molecule has 5 heteroatoms. The van der Waals surface area contributed by atoms with Crippen molar-refractivity contribution in [3.63, 3.8) is 0 Å². The van der Waals surface area contributed by atoms with E-state index in [4.69, 9.17) is 4.74 Å². The van der Waals surface area contributed by atoms with Gasteiger partial charge >= 0.3 is 6.09 Å². The van der Waals surface area contributed by atoms with Crippen molar-refractivity contribution >= 4 is 18.5 Å². The molecule has 30 heavy (non-hydrogen) atoms. The van der Waals surface area contributed by atoms with E-state index in [1.165, 1.54) is 23.3 Å². The summed E-state index contributed by atoms with van der Waals surface area (Å²) in [5.74, 6) is -0.543. The lowest BCUT2D eigenvalue weighted by Crippen LogP contribution is -2.26. The normalized spacial score (nSPS) is 12.4. The Labute approximate surface area is 174 Å². The van der Waals surface area contributed by atoms with Crippen LogP contribution in [0.4, 0.5) is 9.18 Å². The van der Waals surface area contributed by atoms with Gasteiger partial charge in [-0.3, -0.25) is 4.79 Å². The first-order chi connectivity index (χ1) is 14.7. The number of hydrogen-bond acceptors (Lipinski definition) is 3. The van der Waals surface area contributed by atoms with E-state index in [0.29, 0.717) is 11.8 Å². The Morgan fingerprint density at radius 3 is 2.33 bits per heavy atom. The highest BCUT2D eigenvalue weighted by molar-refractivity contribution is 5.79. The van der Waals surface area contributed by atoms with Gasteiger partial charge in [-0.1, -0.05) is 66.7 Å². The average molecular weight is 401 g/mol. The lowest BCUT2D eigenvalue weighted by Gasteiger charge is -2.14. The maximum Gasteiger partial charge on any atom is 0.407 e. The van der Waals surface area contributed by atoms with Crippen molar-refractivity contribution in [2.24, 2.45) is 0 Å². The predicted octanol–water partition coefficient (Wildman–Crippen LogP) is 5.19. The number of nitrogens with one attached hydrogen (secondary N) is 1. The fourth-order valence-corrected chi connectivity index (χ4v) is 3.74. The molecule has 1 aliphatic rings. The zero-order valence-electron chi connectivity index (χ0n) is 16.2. The van der Waals surface area contributed by atoms with Crippen LogP contribution in [-0.2, 0) is 4.74 Å². The van der Waals surface area contributed by atoms with E-state index in [1.807, 2.05) is 24.3 Å². The minimum absolute atomic E-state index is 0.00152. The van der Waals surface area contributed by atoms with Crippen LogP contribution in [0, 0.1) is 5.82 Å². The summed E-state index contributed by atoms with van der Waals surface area (Å²) in [6, 6.07) is 20.6. The van der Waals surface area contributed by atoms with Crippen LogP contribution >= 0.6 is 0 Å². The summed E-state index contributed by atoms with van der Waals surface area (Å²) >= 11 is 0. The first-order valence-corrected chi connectivity index (χ1v) is 9.67. The standard InChI is InChI=1S/C25H20FNO3/c26-24-12-11-17(14-18(24)15-28)6-5-13-27-25(29)30-16-23-21-9-3-1-7-19(21)20-8-2-4-10-22(20)23/h1-12,14-15,23H,13,16H2,(H,27,29). The van der Waals surface area contributed by atoms with Crippen LogP contribution in [0.5, 0.6) is 0 Å². The highest BCUT2D eigenvalue weighted by atomic mass is 19.1. The number of amides is 1. The van der Waals surface area contributed by atoms with Crippen LogP contribution < -0.4 is 5.32 Å². The third kappa shape index (κ3) is 4.01. The molecule has 1 aliphatic carbocycles. The molecule has 0 spiro atoms. The monoisotopic (exact) mass is 401 g/mol. The molecule has 3 aromatic carbocycles. The first-order valence-electron chi connectivity index (χ1n) is 9.67. The molecule has 150 valence electrons. The molecule has 0 fully saturated rings. The van der Waals surface area contributed by atoms with E-state index in [0.717, 1.165) is 11.1 Å². The van der Waals surface area contributed by atoms with E-state index < -0.39 is 11.9 Å². The molecule has 4 nitrogen and oxygen atoms in total. The molecule has 4 rings (SSSR count). The molecule has 0 saturated carbocycles. The second-order valence-corrected chi connectivity index (χ2v) is 7.01. The van der Waals surface area contributed by atoms with Crippen molar-refractivity contribution < 1.29 is 18.7 Å². The Hall–Kier alpha value is -3.73. The Morgan fingerprint density at radius 1 is 1.00 bits per heavy atom. The first kappa shape index (κ1) is 19.6. The largest absolute Gasteiger partial charge is 0.449 e. The van der Waals surface area contributed by atoms with Crippen LogP contribution in [0.3, 0.4) is 0 Å². The van der Waals surface area contributed by atoms with Crippen molar-refractivity contribution in [2.75, 3.05) is 13.2 Å². The van der Waals surface area contributed by atoms with Gasteiger partial charge in [-0.25, -0.2) is 9.18 Å².